The summed E-state index contributed by atoms with van der Waals surface area (Å²) >= 11 is 6.10. The van der Waals surface area contributed by atoms with Gasteiger partial charge in [-0.3, -0.25) is 4.79 Å². The Morgan fingerprint density at radius 2 is 2.00 bits per heavy atom. The Hall–Kier alpha value is -2.66. The largest absolute Gasteiger partial charge is 0.320 e. The molecule has 3 aromatic rings. The molecule has 0 aliphatic carbocycles. The van der Waals surface area contributed by atoms with Gasteiger partial charge in [0.25, 0.3) is 5.91 Å². The Balaban J connectivity index is 1.87. The summed E-state index contributed by atoms with van der Waals surface area (Å²) in [5.74, 6) is -0.310. The molecule has 0 saturated heterocycles. The Kier molecular flexibility index (Phi) is 4.86. The first-order valence-electron chi connectivity index (χ1n) is 8.08. The third-order valence-corrected chi connectivity index (χ3v) is 4.51. The van der Waals surface area contributed by atoms with Crippen LogP contribution in [0.2, 0.25) is 5.02 Å². The number of halogens is 1. The molecule has 1 aromatic heterocycles. The van der Waals surface area contributed by atoms with Crippen molar-refractivity contribution in [2.75, 3.05) is 5.32 Å². The van der Waals surface area contributed by atoms with E-state index in [1.54, 1.807) is 10.7 Å². The normalized spacial score (nSPS) is 10.7. The van der Waals surface area contributed by atoms with E-state index in [1.807, 2.05) is 44.2 Å². The summed E-state index contributed by atoms with van der Waals surface area (Å²) in [5.41, 5.74) is 4.65. The van der Waals surface area contributed by atoms with Crippen LogP contribution in [0, 0.1) is 13.8 Å². The standard InChI is InChI=1S/C19H19ClN4O/c1-4-14-6-5-7-16(10-14)24-13(3)18(22-23-24)19(25)21-15-9-8-12(2)17(20)11-15/h5-11H,4H2,1-3H3,(H,21,25). The summed E-state index contributed by atoms with van der Waals surface area (Å²) < 4.78 is 1.68. The number of aromatic nitrogens is 3. The number of nitrogens with zero attached hydrogens (tertiary/aromatic N) is 3. The van der Waals surface area contributed by atoms with Crippen LogP contribution in [-0.2, 0) is 6.42 Å². The first-order chi connectivity index (χ1) is 12.0. The average molecular weight is 355 g/mol. The van der Waals surface area contributed by atoms with Crippen LogP contribution in [0.3, 0.4) is 0 Å². The van der Waals surface area contributed by atoms with Gasteiger partial charge in [-0.1, -0.05) is 41.9 Å². The number of carbonyl (C=O) groups is 1. The van der Waals surface area contributed by atoms with Crippen LogP contribution in [0.1, 0.15) is 34.2 Å². The lowest BCUT2D eigenvalue weighted by Gasteiger charge is -2.07. The van der Waals surface area contributed by atoms with E-state index in [0.29, 0.717) is 22.1 Å². The highest BCUT2D eigenvalue weighted by atomic mass is 35.5. The Morgan fingerprint density at radius 3 is 2.72 bits per heavy atom. The van der Waals surface area contributed by atoms with Gasteiger partial charge >= 0.3 is 0 Å². The van der Waals surface area contributed by atoms with E-state index >= 15 is 0 Å². The molecule has 0 fully saturated rings. The van der Waals surface area contributed by atoms with Gasteiger partial charge in [-0.05, 0) is 55.7 Å². The predicted molar refractivity (Wildman–Crippen MR) is 99.6 cm³/mol. The Bertz CT molecular complexity index is 933. The maximum Gasteiger partial charge on any atom is 0.278 e. The minimum absolute atomic E-state index is 0.290. The van der Waals surface area contributed by atoms with Gasteiger partial charge in [0.2, 0.25) is 0 Å². The molecule has 0 saturated carbocycles. The molecule has 0 aliphatic heterocycles. The van der Waals surface area contributed by atoms with Gasteiger partial charge in [0, 0.05) is 10.7 Å². The summed E-state index contributed by atoms with van der Waals surface area (Å²) in [7, 11) is 0. The molecule has 25 heavy (non-hydrogen) atoms. The Morgan fingerprint density at radius 1 is 1.20 bits per heavy atom. The zero-order chi connectivity index (χ0) is 18.0. The minimum Gasteiger partial charge on any atom is -0.320 e. The lowest BCUT2D eigenvalue weighted by atomic mass is 10.1. The molecule has 0 radical (unpaired) electrons. The molecule has 0 atom stereocenters. The highest BCUT2D eigenvalue weighted by Gasteiger charge is 2.18. The smallest absolute Gasteiger partial charge is 0.278 e. The fourth-order valence-electron chi connectivity index (χ4n) is 2.55. The van der Waals surface area contributed by atoms with E-state index in [4.69, 9.17) is 11.6 Å². The SMILES string of the molecule is CCc1cccc(-n2nnc(C(=O)Nc3ccc(C)c(Cl)c3)c2C)c1. The molecule has 0 aliphatic rings. The molecule has 1 amide bonds. The van der Waals surface area contributed by atoms with Gasteiger partial charge in [-0.25, -0.2) is 4.68 Å². The first-order valence-corrected chi connectivity index (χ1v) is 8.46. The zero-order valence-corrected chi connectivity index (χ0v) is 15.1. The summed E-state index contributed by atoms with van der Waals surface area (Å²) in [5, 5.41) is 11.6. The quantitative estimate of drug-likeness (QED) is 0.757. The molecule has 5 nitrogen and oxygen atoms in total. The zero-order valence-electron chi connectivity index (χ0n) is 14.4. The van der Waals surface area contributed by atoms with Crippen molar-refractivity contribution >= 4 is 23.2 Å². The third-order valence-electron chi connectivity index (χ3n) is 4.10. The van der Waals surface area contributed by atoms with Crippen LogP contribution in [0.15, 0.2) is 42.5 Å². The number of anilines is 1. The Labute approximate surface area is 151 Å². The van der Waals surface area contributed by atoms with E-state index < -0.39 is 0 Å². The van der Waals surface area contributed by atoms with E-state index in [-0.39, 0.29) is 5.91 Å². The van der Waals surface area contributed by atoms with Gasteiger partial charge in [0.15, 0.2) is 5.69 Å². The number of aryl methyl sites for hydroxylation is 2. The number of carbonyl (C=O) groups excluding carboxylic acids is 1. The average Bonchev–Trinajstić information content (AvgIpc) is 3.00. The van der Waals surface area contributed by atoms with E-state index in [2.05, 4.69) is 28.6 Å². The van der Waals surface area contributed by atoms with Crippen LogP contribution >= 0.6 is 11.6 Å². The molecule has 6 heteroatoms. The molecule has 1 N–H and O–H groups in total. The maximum absolute atomic E-state index is 12.5. The van der Waals surface area contributed by atoms with Gasteiger partial charge < -0.3 is 5.32 Å². The minimum atomic E-state index is -0.310. The van der Waals surface area contributed by atoms with Crippen LogP contribution in [0.4, 0.5) is 5.69 Å². The number of hydrogen-bond acceptors (Lipinski definition) is 3. The van der Waals surface area contributed by atoms with Crippen molar-refractivity contribution in [3.8, 4) is 5.69 Å². The number of benzene rings is 2. The lowest BCUT2D eigenvalue weighted by Crippen LogP contribution is -2.14. The van der Waals surface area contributed by atoms with Crippen molar-refractivity contribution in [3.05, 3.63) is 70.0 Å². The highest BCUT2D eigenvalue weighted by molar-refractivity contribution is 6.31. The summed E-state index contributed by atoms with van der Waals surface area (Å²) in [6.07, 6.45) is 0.934. The molecule has 1 heterocycles. The van der Waals surface area contributed by atoms with Crippen LogP contribution in [-0.4, -0.2) is 20.9 Å². The van der Waals surface area contributed by atoms with Gasteiger partial charge in [0.05, 0.1) is 11.4 Å². The van der Waals surface area contributed by atoms with Crippen molar-refractivity contribution in [1.29, 1.82) is 0 Å². The van der Waals surface area contributed by atoms with Crippen molar-refractivity contribution in [2.24, 2.45) is 0 Å². The van der Waals surface area contributed by atoms with Crippen LogP contribution in [0.25, 0.3) is 5.69 Å². The molecular weight excluding hydrogens is 336 g/mol. The van der Waals surface area contributed by atoms with Gasteiger partial charge in [-0.15, -0.1) is 5.10 Å². The molecule has 2 aromatic carbocycles. The lowest BCUT2D eigenvalue weighted by molar-refractivity contribution is 0.102. The summed E-state index contributed by atoms with van der Waals surface area (Å²) in [6.45, 7) is 5.84. The van der Waals surface area contributed by atoms with Crippen LogP contribution < -0.4 is 5.32 Å². The number of nitrogens with one attached hydrogen (secondary N) is 1. The maximum atomic E-state index is 12.5. The fourth-order valence-corrected chi connectivity index (χ4v) is 2.73. The van der Waals surface area contributed by atoms with Crippen molar-refractivity contribution in [2.45, 2.75) is 27.2 Å². The second-order valence-corrected chi connectivity index (χ2v) is 6.28. The molecule has 3 rings (SSSR count). The molecule has 0 unspecified atom stereocenters. The first kappa shape index (κ1) is 17.2. The van der Waals surface area contributed by atoms with E-state index in [1.165, 1.54) is 5.56 Å². The monoisotopic (exact) mass is 354 g/mol. The number of amides is 1. The summed E-state index contributed by atoms with van der Waals surface area (Å²) in [4.78, 5) is 12.5. The van der Waals surface area contributed by atoms with Gasteiger partial charge in [-0.2, -0.15) is 0 Å². The predicted octanol–water partition coefficient (Wildman–Crippen LogP) is 4.35. The molecule has 0 spiro atoms. The van der Waals surface area contributed by atoms with Crippen molar-refractivity contribution < 1.29 is 4.79 Å². The highest BCUT2D eigenvalue weighted by Crippen LogP contribution is 2.21. The van der Waals surface area contributed by atoms with E-state index in [9.17, 15) is 4.79 Å². The molecule has 128 valence electrons. The third kappa shape index (κ3) is 3.56. The second-order valence-electron chi connectivity index (χ2n) is 5.88. The second kappa shape index (κ2) is 7.07. The molecule has 0 bridgehead atoms. The number of hydrogen-bond donors (Lipinski definition) is 1. The summed E-state index contributed by atoms with van der Waals surface area (Å²) in [6, 6.07) is 13.4. The fraction of sp³-hybridized carbons (Fsp3) is 0.211. The van der Waals surface area contributed by atoms with Gasteiger partial charge in [0.1, 0.15) is 0 Å². The number of rotatable bonds is 4. The van der Waals surface area contributed by atoms with Crippen molar-refractivity contribution in [3.63, 3.8) is 0 Å². The molecular formula is C19H19ClN4O. The van der Waals surface area contributed by atoms with Crippen molar-refractivity contribution in [1.82, 2.24) is 15.0 Å². The van der Waals surface area contributed by atoms with E-state index in [0.717, 1.165) is 17.7 Å². The van der Waals surface area contributed by atoms with Crippen LogP contribution in [0.5, 0.6) is 0 Å². The topological polar surface area (TPSA) is 59.8 Å².